The second-order valence-corrected chi connectivity index (χ2v) is 10.9. The first-order chi connectivity index (χ1) is 16.4. The van der Waals surface area contributed by atoms with Crippen LogP contribution in [0, 0.1) is 0 Å². The van der Waals surface area contributed by atoms with Crippen molar-refractivity contribution in [1.29, 1.82) is 0 Å². The van der Waals surface area contributed by atoms with Crippen molar-refractivity contribution in [2.75, 3.05) is 39.0 Å². The molecule has 1 saturated heterocycles. The maximum absolute atomic E-state index is 13.1. The Bertz CT molecular complexity index is 1460. The van der Waals surface area contributed by atoms with Crippen molar-refractivity contribution in [1.82, 2.24) is 19.2 Å². The number of amides is 1. The molecular formula is C24H24N4O4S2. The number of aromatic nitrogens is 2. The van der Waals surface area contributed by atoms with Crippen molar-refractivity contribution in [3.8, 4) is 5.75 Å². The van der Waals surface area contributed by atoms with Crippen LogP contribution in [0.4, 0.5) is 0 Å². The maximum atomic E-state index is 13.1. The van der Waals surface area contributed by atoms with E-state index in [1.807, 2.05) is 48.5 Å². The molecule has 1 fully saturated rings. The number of hydrogen-bond donors (Lipinski definition) is 1. The quantitative estimate of drug-likeness (QED) is 0.412. The third kappa shape index (κ3) is 4.48. The van der Waals surface area contributed by atoms with E-state index in [-0.39, 0.29) is 29.6 Å². The zero-order valence-corrected chi connectivity index (χ0v) is 20.2. The van der Waals surface area contributed by atoms with Crippen LogP contribution in [0.2, 0.25) is 0 Å². The van der Waals surface area contributed by atoms with Crippen LogP contribution < -0.4 is 4.74 Å². The fraction of sp³-hybridized carbons (Fsp3) is 0.250. The number of hydrogen-bond acceptors (Lipinski definition) is 6. The van der Waals surface area contributed by atoms with Crippen LogP contribution in [-0.2, 0) is 14.8 Å². The van der Waals surface area contributed by atoms with E-state index < -0.39 is 10.0 Å². The lowest BCUT2D eigenvalue weighted by Gasteiger charge is -2.34. The summed E-state index contributed by atoms with van der Waals surface area (Å²) >= 11 is 1.34. The van der Waals surface area contributed by atoms with Crippen LogP contribution in [0.25, 0.3) is 21.8 Å². The highest BCUT2D eigenvalue weighted by atomic mass is 32.2. The van der Waals surface area contributed by atoms with E-state index in [9.17, 15) is 13.2 Å². The number of carbonyl (C=O) groups excluding carboxylic acids is 1. The molecule has 5 rings (SSSR count). The number of fused-ring (bicyclic) bond motifs is 2. The highest BCUT2D eigenvalue weighted by Gasteiger charge is 2.30. The van der Waals surface area contributed by atoms with Gasteiger partial charge in [0, 0.05) is 32.2 Å². The van der Waals surface area contributed by atoms with Crippen molar-refractivity contribution >= 4 is 49.5 Å². The van der Waals surface area contributed by atoms with Crippen molar-refractivity contribution in [2.24, 2.45) is 0 Å². The molecule has 1 aliphatic heterocycles. The largest absolute Gasteiger partial charge is 0.497 e. The molecule has 10 heteroatoms. The molecule has 0 radical (unpaired) electrons. The maximum Gasteiger partial charge on any atom is 0.243 e. The van der Waals surface area contributed by atoms with Crippen LogP contribution in [0.5, 0.6) is 5.75 Å². The molecular weight excluding hydrogens is 472 g/mol. The summed E-state index contributed by atoms with van der Waals surface area (Å²) in [5, 5.41) is 2.55. The third-order valence-corrected chi connectivity index (χ3v) is 8.70. The molecule has 1 aromatic heterocycles. The molecule has 1 N–H and O–H groups in total. The van der Waals surface area contributed by atoms with Gasteiger partial charge in [0.1, 0.15) is 5.75 Å². The second kappa shape index (κ2) is 9.28. The first kappa shape index (κ1) is 22.7. The van der Waals surface area contributed by atoms with Gasteiger partial charge in [-0.3, -0.25) is 4.79 Å². The van der Waals surface area contributed by atoms with Crippen molar-refractivity contribution in [3.63, 3.8) is 0 Å². The molecule has 1 amide bonds. The summed E-state index contributed by atoms with van der Waals surface area (Å²) in [7, 11) is -2.00. The molecule has 2 heterocycles. The summed E-state index contributed by atoms with van der Waals surface area (Å²) in [5.74, 6) is 0.931. The molecule has 3 aromatic carbocycles. The molecule has 0 saturated carbocycles. The lowest BCUT2D eigenvalue weighted by molar-refractivity contribution is -0.129. The van der Waals surface area contributed by atoms with E-state index in [4.69, 9.17) is 4.74 Å². The Labute approximate surface area is 202 Å². The Hall–Kier alpha value is -3.08. The lowest BCUT2D eigenvalue weighted by Crippen LogP contribution is -2.50. The molecule has 8 nitrogen and oxygen atoms in total. The molecule has 176 valence electrons. The number of thioether (sulfide) groups is 1. The van der Waals surface area contributed by atoms with Crippen LogP contribution >= 0.6 is 11.8 Å². The Morgan fingerprint density at radius 3 is 2.56 bits per heavy atom. The zero-order valence-electron chi connectivity index (χ0n) is 18.6. The Morgan fingerprint density at radius 1 is 1.03 bits per heavy atom. The molecule has 0 bridgehead atoms. The smallest absolute Gasteiger partial charge is 0.243 e. The van der Waals surface area contributed by atoms with Crippen LogP contribution in [-0.4, -0.2) is 72.5 Å². The third-order valence-electron chi connectivity index (χ3n) is 5.95. The first-order valence-corrected chi connectivity index (χ1v) is 13.3. The number of carbonyl (C=O) groups is 1. The van der Waals surface area contributed by atoms with Gasteiger partial charge in [-0.25, -0.2) is 13.4 Å². The zero-order chi connectivity index (χ0) is 23.7. The first-order valence-electron chi connectivity index (χ1n) is 10.9. The van der Waals surface area contributed by atoms with Crippen molar-refractivity contribution in [3.05, 3.63) is 60.7 Å². The van der Waals surface area contributed by atoms with Gasteiger partial charge in [0.2, 0.25) is 15.9 Å². The van der Waals surface area contributed by atoms with E-state index >= 15 is 0 Å². The number of benzene rings is 3. The normalized spacial score (nSPS) is 15.1. The number of nitrogens with one attached hydrogen (secondary N) is 1. The van der Waals surface area contributed by atoms with Crippen LogP contribution in [0.1, 0.15) is 0 Å². The van der Waals surface area contributed by atoms with Gasteiger partial charge >= 0.3 is 0 Å². The Kier molecular flexibility index (Phi) is 6.20. The van der Waals surface area contributed by atoms with E-state index in [0.29, 0.717) is 18.2 Å². The fourth-order valence-electron chi connectivity index (χ4n) is 4.04. The van der Waals surface area contributed by atoms with Gasteiger partial charge in [0.05, 0.1) is 28.8 Å². The van der Waals surface area contributed by atoms with E-state index in [1.165, 1.54) is 16.1 Å². The van der Waals surface area contributed by atoms with Gasteiger partial charge in [-0.1, -0.05) is 42.1 Å². The minimum Gasteiger partial charge on any atom is -0.497 e. The number of rotatable bonds is 6. The predicted molar refractivity (Wildman–Crippen MR) is 133 cm³/mol. The van der Waals surface area contributed by atoms with E-state index in [2.05, 4.69) is 9.97 Å². The summed E-state index contributed by atoms with van der Waals surface area (Å²) in [6.45, 7) is 1.28. The SMILES string of the molecule is COc1ccc2nc(SCC(=O)N3CCN(S(=O)(=O)c4ccc5ccccc5c4)CC3)[nH]c2c1. The number of piperazine rings is 1. The fourth-order valence-corrected chi connectivity index (χ4v) is 6.28. The predicted octanol–water partition coefficient (Wildman–Crippen LogP) is 3.35. The molecule has 0 atom stereocenters. The summed E-state index contributed by atoms with van der Waals surface area (Å²) in [6.07, 6.45) is 0. The van der Waals surface area contributed by atoms with Gasteiger partial charge in [-0.15, -0.1) is 0 Å². The van der Waals surface area contributed by atoms with Gasteiger partial charge < -0.3 is 14.6 Å². The molecule has 0 unspecified atom stereocenters. The number of methoxy groups -OCH3 is 1. The molecule has 0 spiro atoms. The monoisotopic (exact) mass is 496 g/mol. The number of aromatic amines is 1. The summed E-state index contributed by atoms with van der Waals surface area (Å²) in [5.41, 5.74) is 1.66. The van der Waals surface area contributed by atoms with Gasteiger partial charge in [-0.2, -0.15) is 4.31 Å². The minimum atomic E-state index is -3.61. The number of nitrogens with zero attached hydrogens (tertiary/aromatic N) is 3. The van der Waals surface area contributed by atoms with E-state index in [1.54, 1.807) is 24.1 Å². The molecule has 0 aliphatic carbocycles. The minimum absolute atomic E-state index is 0.0363. The highest BCUT2D eigenvalue weighted by molar-refractivity contribution is 7.99. The summed E-state index contributed by atoms with van der Waals surface area (Å²) < 4.78 is 33.0. The van der Waals surface area contributed by atoms with Gasteiger partial charge in [0.25, 0.3) is 0 Å². The average Bonchev–Trinajstić information content (AvgIpc) is 3.29. The molecule has 34 heavy (non-hydrogen) atoms. The molecule has 4 aromatic rings. The van der Waals surface area contributed by atoms with Crippen molar-refractivity contribution in [2.45, 2.75) is 10.1 Å². The van der Waals surface area contributed by atoms with Gasteiger partial charge in [0.15, 0.2) is 5.16 Å². The lowest BCUT2D eigenvalue weighted by atomic mass is 10.1. The second-order valence-electron chi connectivity index (χ2n) is 8.01. The topological polar surface area (TPSA) is 95.6 Å². The summed E-state index contributed by atoms with van der Waals surface area (Å²) in [4.78, 5) is 22.4. The number of H-pyrrole nitrogens is 1. The Balaban J connectivity index is 1.19. The van der Waals surface area contributed by atoms with Gasteiger partial charge in [-0.05, 0) is 35.0 Å². The number of imidazole rings is 1. The number of sulfonamides is 1. The highest BCUT2D eigenvalue weighted by Crippen LogP contribution is 2.25. The van der Waals surface area contributed by atoms with E-state index in [0.717, 1.165) is 27.6 Å². The van der Waals surface area contributed by atoms with Crippen LogP contribution in [0.15, 0.2) is 70.7 Å². The molecule has 1 aliphatic rings. The van der Waals surface area contributed by atoms with Crippen LogP contribution in [0.3, 0.4) is 0 Å². The number of ether oxygens (including phenoxy) is 1. The summed E-state index contributed by atoms with van der Waals surface area (Å²) in [6, 6.07) is 18.4. The standard InChI is InChI=1S/C24H24N4O4S2/c1-32-19-7-9-21-22(15-19)26-24(25-21)33-16-23(29)27-10-12-28(13-11-27)34(30,31)20-8-6-17-4-2-3-5-18(17)14-20/h2-9,14-15H,10-13,16H2,1H3,(H,25,26). The average molecular weight is 497 g/mol. The Morgan fingerprint density at radius 2 is 1.79 bits per heavy atom. The van der Waals surface area contributed by atoms with Crippen molar-refractivity contribution < 1.29 is 17.9 Å².